The van der Waals surface area contributed by atoms with E-state index >= 15 is 0 Å². The summed E-state index contributed by atoms with van der Waals surface area (Å²) in [7, 11) is 0. The van der Waals surface area contributed by atoms with Crippen LogP contribution in [0.2, 0.25) is 0 Å². The first-order valence-electron chi connectivity index (χ1n) is 5.67. The van der Waals surface area contributed by atoms with Crippen molar-refractivity contribution in [3.63, 3.8) is 0 Å². The highest BCUT2D eigenvalue weighted by Gasteiger charge is 2.39. The predicted molar refractivity (Wildman–Crippen MR) is 53.3 cm³/mol. The van der Waals surface area contributed by atoms with Gasteiger partial charge in [-0.3, -0.25) is 4.90 Å². The first-order chi connectivity index (χ1) is 7.56. The molecule has 2 fully saturated rings. The second kappa shape index (κ2) is 4.89. The van der Waals surface area contributed by atoms with Crippen LogP contribution in [0.3, 0.4) is 0 Å². The Hall–Kier alpha value is -0.330. The Kier molecular flexibility index (Phi) is 3.71. The number of hydrogen-bond donors (Lipinski definition) is 1. The van der Waals surface area contributed by atoms with Gasteiger partial charge in [0.1, 0.15) is 0 Å². The van der Waals surface area contributed by atoms with Crippen LogP contribution in [-0.4, -0.2) is 56.0 Å². The molecule has 2 aliphatic rings. The molecule has 0 aliphatic carbocycles. The molecule has 0 unspecified atom stereocenters. The number of alkyl halides is 3. The zero-order chi connectivity index (χ0) is 11.6. The summed E-state index contributed by atoms with van der Waals surface area (Å²) in [4.78, 5) is 1.59. The summed E-state index contributed by atoms with van der Waals surface area (Å²) in [5.74, 6) is 0. The third kappa shape index (κ3) is 3.09. The van der Waals surface area contributed by atoms with E-state index in [0.29, 0.717) is 13.2 Å². The maximum Gasteiger partial charge on any atom is 0.401 e. The van der Waals surface area contributed by atoms with E-state index in [0.717, 1.165) is 25.9 Å². The lowest BCUT2D eigenvalue weighted by molar-refractivity contribution is -0.179. The van der Waals surface area contributed by atoms with E-state index in [-0.39, 0.29) is 12.1 Å². The summed E-state index contributed by atoms with van der Waals surface area (Å²) >= 11 is 0. The van der Waals surface area contributed by atoms with Crippen molar-refractivity contribution >= 4 is 0 Å². The minimum atomic E-state index is -4.11. The zero-order valence-electron chi connectivity index (χ0n) is 9.09. The van der Waals surface area contributed by atoms with Crippen molar-refractivity contribution in [2.45, 2.75) is 31.1 Å². The van der Waals surface area contributed by atoms with E-state index in [4.69, 9.17) is 4.74 Å². The average molecular weight is 238 g/mol. The number of nitrogens with zero attached hydrogens (tertiary/aromatic N) is 1. The van der Waals surface area contributed by atoms with Gasteiger partial charge in [-0.05, 0) is 25.9 Å². The fraction of sp³-hybridized carbons (Fsp3) is 1.00. The lowest BCUT2D eigenvalue weighted by atomic mass is 10.0. The molecule has 0 radical (unpaired) electrons. The van der Waals surface area contributed by atoms with E-state index < -0.39 is 12.7 Å². The van der Waals surface area contributed by atoms with E-state index in [9.17, 15) is 13.2 Å². The number of halogens is 3. The number of ether oxygens (including phenoxy) is 1. The highest BCUT2D eigenvalue weighted by atomic mass is 19.4. The predicted octanol–water partition coefficient (Wildman–Crippen LogP) is 1.00. The topological polar surface area (TPSA) is 24.5 Å². The van der Waals surface area contributed by atoms with Gasteiger partial charge in [0.25, 0.3) is 0 Å². The molecule has 0 amide bonds. The van der Waals surface area contributed by atoms with Crippen molar-refractivity contribution in [2.24, 2.45) is 0 Å². The van der Waals surface area contributed by atoms with E-state index in [1.54, 1.807) is 4.90 Å². The molecule has 1 N–H and O–H groups in total. The first-order valence-corrected chi connectivity index (χ1v) is 5.67. The molecule has 0 atom stereocenters. The Labute approximate surface area is 92.9 Å². The Balaban J connectivity index is 1.95. The summed E-state index contributed by atoms with van der Waals surface area (Å²) in [5.41, 5.74) is 0. The summed E-state index contributed by atoms with van der Waals surface area (Å²) in [6.07, 6.45) is -2.51. The van der Waals surface area contributed by atoms with Crippen molar-refractivity contribution in [3.05, 3.63) is 0 Å². The van der Waals surface area contributed by atoms with Crippen molar-refractivity contribution in [3.8, 4) is 0 Å². The number of rotatable bonds is 3. The van der Waals surface area contributed by atoms with Crippen LogP contribution in [0.1, 0.15) is 12.8 Å². The second-order valence-corrected chi connectivity index (χ2v) is 4.46. The molecule has 3 nitrogen and oxygen atoms in total. The Morgan fingerprint density at radius 1 is 1.12 bits per heavy atom. The third-order valence-electron chi connectivity index (χ3n) is 3.23. The molecule has 2 aliphatic heterocycles. The molecule has 6 heteroatoms. The van der Waals surface area contributed by atoms with Crippen molar-refractivity contribution in [1.29, 1.82) is 0 Å². The first kappa shape index (κ1) is 12.1. The molecule has 2 heterocycles. The van der Waals surface area contributed by atoms with E-state index in [1.807, 2.05) is 0 Å². The molecular formula is C10H17F3N2O. The van der Waals surface area contributed by atoms with Gasteiger partial charge < -0.3 is 10.1 Å². The highest BCUT2D eigenvalue weighted by molar-refractivity contribution is 4.87. The second-order valence-electron chi connectivity index (χ2n) is 4.46. The zero-order valence-corrected chi connectivity index (χ0v) is 9.09. The molecule has 0 aromatic heterocycles. The van der Waals surface area contributed by atoms with Crippen LogP contribution < -0.4 is 5.32 Å². The smallest absolute Gasteiger partial charge is 0.378 e. The average Bonchev–Trinajstić information content (AvgIpc) is 2.13. The molecule has 2 rings (SSSR count). The summed E-state index contributed by atoms with van der Waals surface area (Å²) in [5, 5.41) is 3.17. The normalized spacial score (nSPS) is 24.8. The van der Waals surface area contributed by atoms with Gasteiger partial charge in [0, 0.05) is 6.04 Å². The Morgan fingerprint density at radius 3 is 2.19 bits per heavy atom. The van der Waals surface area contributed by atoms with Crippen LogP contribution in [0, 0.1) is 0 Å². The van der Waals surface area contributed by atoms with Gasteiger partial charge in [-0.1, -0.05) is 0 Å². The van der Waals surface area contributed by atoms with Crippen LogP contribution in [0.5, 0.6) is 0 Å². The Morgan fingerprint density at radius 2 is 1.75 bits per heavy atom. The van der Waals surface area contributed by atoms with Gasteiger partial charge in [-0.2, -0.15) is 13.2 Å². The molecule has 2 saturated heterocycles. The lowest BCUT2D eigenvalue weighted by Crippen LogP contribution is -2.58. The van der Waals surface area contributed by atoms with Crippen LogP contribution in [0.25, 0.3) is 0 Å². The molecule has 0 bridgehead atoms. The number of piperidine rings is 1. The van der Waals surface area contributed by atoms with Crippen molar-refractivity contribution in [1.82, 2.24) is 10.2 Å². The minimum Gasteiger partial charge on any atom is -0.378 e. The third-order valence-corrected chi connectivity index (χ3v) is 3.23. The standard InChI is InChI=1S/C10H17F3N2O/c11-10(12,13)7-15(9-5-16-6-9)8-1-3-14-4-2-8/h8-9,14H,1-7H2. The van der Waals surface area contributed by atoms with Gasteiger partial charge in [0.2, 0.25) is 0 Å². The van der Waals surface area contributed by atoms with Crippen molar-refractivity contribution < 1.29 is 17.9 Å². The van der Waals surface area contributed by atoms with Crippen LogP contribution in [0.4, 0.5) is 13.2 Å². The number of hydrogen-bond acceptors (Lipinski definition) is 3. The summed E-state index contributed by atoms with van der Waals surface area (Å²) < 4.78 is 42.4. The maximum absolute atomic E-state index is 12.5. The van der Waals surface area contributed by atoms with E-state index in [2.05, 4.69) is 5.32 Å². The van der Waals surface area contributed by atoms with Gasteiger partial charge in [0.15, 0.2) is 0 Å². The minimum absolute atomic E-state index is 0.0373. The fourth-order valence-corrected chi connectivity index (χ4v) is 2.32. The van der Waals surface area contributed by atoms with Gasteiger partial charge in [0.05, 0.1) is 25.8 Å². The molecule has 0 spiro atoms. The molecule has 0 aromatic carbocycles. The number of nitrogens with one attached hydrogen (secondary N) is 1. The van der Waals surface area contributed by atoms with Crippen LogP contribution >= 0.6 is 0 Å². The molecular weight excluding hydrogens is 221 g/mol. The largest absolute Gasteiger partial charge is 0.401 e. The fourth-order valence-electron chi connectivity index (χ4n) is 2.32. The molecule has 0 saturated carbocycles. The van der Waals surface area contributed by atoms with Crippen LogP contribution in [-0.2, 0) is 4.74 Å². The molecule has 16 heavy (non-hydrogen) atoms. The van der Waals surface area contributed by atoms with Crippen molar-refractivity contribution in [2.75, 3.05) is 32.8 Å². The van der Waals surface area contributed by atoms with E-state index in [1.165, 1.54) is 0 Å². The quantitative estimate of drug-likeness (QED) is 0.794. The van der Waals surface area contributed by atoms with Crippen LogP contribution in [0.15, 0.2) is 0 Å². The van der Waals surface area contributed by atoms with Gasteiger partial charge >= 0.3 is 6.18 Å². The highest BCUT2D eigenvalue weighted by Crippen LogP contribution is 2.25. The Bertz CT molecular complexity index is 225. The monoisotopic (exact) mass is 238 g/mol. The lowest BCUT2D eigenvalue weighted by Gasteiger charge is -2.43. The maximum atomic E-state index is 12.5. The molecule has 0 aromatic rings. The van der Waals surface area contributed by atoms with Gasteiger partial charge in [-0.25, -0.2) is 0 Å². The van der Waals surface area contributed by atoms with Gasteiger partial charge in [-0.15, -0.1) is 0 Å². The SMILES string of the molecule is FC(F)(F)CN(C1CCNCC1)C1COC1. The summed E-state index contributed by atoms with van der Waals surface area (Å²) in [6.45, 7) is 1.71. The molecule has 94 valence electrons. The summed E-state index contributed by atoms with van der Waals surface area (Å²) in [6, 6.07) is 0.0153.